The van der Waals surface area contributed by atoms with Crippen LogP contribution >= 0.6 is 24.4 Å². The molecular weight excluding hydrogens is 415 g/mol. The van der Waals surface area contributed by atoms with Gasteiger partial charge in [0.1, 0.15) is 0 Å². The summed E-state index contributed by atoms with van der Waals surface area (Å²) in [6.07, 6.45) is 0. The molecule has 0 aromatic carbocycles. The predicted octanol–water partition coefficient (Wildman–Crippen LogP) is 0.298. The number of hydrogen-bond acceptors (Lipinski definition) is 6. The Morgan fingerprint density at radius 1 is 0.737 bits per heavy atom. The zero-order chi connectivity index (χ0) is 13.4. The van der Waals surface area contributed by atoms with Crippen LogP contribution in [0.25, 0.3) is 0 Å². The van der Waals surface area contributed by atoms with Crippen LogP contribution in [-0.4, -0.2) is 71.0 Å². The zero-order valence-electron chi connectivity index (χ0n) is 10.3. The molecule has 0 saturated carbocycles. The number of thiocarbonyl (C=S) groups is 2. The third kappa shape index (κ3) is 8.63. The number of nitrogens with zero attached hydrogens (tertiary/aromatic N) is 2. The maximum atomic E-state index is 5.10. The van der Waals surface area contributed by atoms with E-state index in [0.29, 0.717) is 8.64 Å². The molecule has 0 atom stereocenters. The van der Waals surface area contributed by atoms with E-state index in [9.17, 15) is 0 Å². The molecule has 19 heavy (non-hydrogen) atoms. The van der Waals surface area contributed by atoms with Crippen molar-refractivity contribution >= 4 is 58.3 Å². The molecule has 2 saturated heterocycles. The maximum Gasteiger partial charge on any atom is 2.00 e. The number of hydrogen-bond donors (Lipinski definition) is 0. The van der Waals surface area contributed by atoms with E-state index in [-0.39, 0.29) is 20.4 Å². The molecular formula is C10H16N2O2PdS4. The van der Waals surface area contributed by atoms with Crippen LogP contribution in [0.1, 0.15) is 0 Å². The van der Waals surface area contributed by atoms with Gasteiger partial charge in [0.05, 0.1) is 26.4 Å². The van der Waals surface area contributed by atoms with Crippen molar-refractivity contribution in [3.63, 3.8) is 0 Å². The van der Waals surface area contributed by atoms with Crippen molar-refractivity contribution in [1.29, 1.82) is 0 Å². The first-order valence-electron chi connectivity index (χ1n) is 5.68. The molecule has 2 aliphatic rings. The first kappa shape index (κ1) is 19.8. The van der Waals surface area contributed by atoms with Crippen LogP contribution in [-0.2, 0) is 55.2 Å². The summed E-state index contributed by atoms with van der Waals surface area (Å²) in [6.45, 7) is 6.50. The van der Waals surface area contributed by atoms with E-state index in [1.54, 1.807) is 0 Å². The molecule has 0 amide bonds. The summed E-state index contributed by atoms with van der Waals surface area (Å²) in [7, 11) is 0. The predicted molar refractivity (Wildman–Crippen MR) is 84.7 cm³/mol. The van der Waals surface area contributed by atoms with Crippen LogP contribution in [0.4, 0.5) is 0 Å². The second-order valence-electron chi connectivity index (χ2n) is 3.73. The van der Waals surface area contributed by atoms with E-state index in [4.69, 9.17) is 59.2 Å². The van der Waals surface area contributed by atoms with Gasteiger partial charge < -0.3 is 69.0 Å². The zero-order valence-corrected chi connectivity index (χ0v) is 15.1. The molecule has 2 rings (SSSR count). The first-order valence-corrected chi connectivity index (χ1v) is 7.32. The topological polar surface area (TPSA) is 24.9 Å². The van der Waals surface area contributed by atoms with E-state index in [2.05, 4.69) is 0 Å². The van der Waals surface area contributed by atoms with E-state index in [1.807, 2.05) is 9.80 Å². The minimum Gasteiger partial charge on any atom is -0.411 e. The van der Waals surface area contributed by atoms with Crippen molar-refractivity contribution in [2.24, 2.45) is 0 Å². The molecule has 4 nitrogen and oxygen atoms in total. The van der Waals surface area contributed by atoms with Crippen LogP contribution in [0, 0.1) is 0 Å². The van der Waals surface area contributed by atoms with Gasteiger partial charge in [-0.1, -0.05) is 8.64 Å². The summed E-state index contributed by atoms with van der Waals surface area (Å²) in [5, 5.41) is 0. The third-order valence-corrected chi connectivity index (χ3v) is 3.57. The molecule has 2 fully saturated rings. The first-order chi connectivity index (χ1) is 8.61. The average Bonchev–Trinajstić information content (AvgIpc) is 2.41. The Balaban J connectivity index is 0.000000324. The largest absolute Gasteiger partial charge is 2.00 e. The monoisotopic (exact) mass is 430 g/mol. The van der Waals surface area contributed by atoms with E-state index in [0.717, 1.165) is 52.6 Å². The molecule has 2 heterocycles. The number of rotatable bonds is 0. The summed E-state index contributed by atoms with van der Waals surface area (Å²) in [6, 6.07) is 0. The Bertz CT molecular complexity index is 257. The maximum absolute atomic E-state index is 5.10. The standard InChI is InChI=1S/2C5H9NOS2.Pd/c2*8-5(9)6-1-3-7-4-2-6;/h2*1-4H2,(H,8,9);/q;;+2/p-2. The minimum atomic E-state index is 0. The molecule has 0 aromatic rings. The van der Waals surface area contributed by atoms with Crippen molar-refractivity contribution in [3.05, 3.63) is 0 Å². The van der Waals surface area contributed by atoms with E-state index >= 15 is 0 Å². The van der Waals surface area contributed by atoms with E-state index < -0.39 is 0 Å². The quantitative estimate of drug-likeness (QED) is 0.307. The fourth-order valence-corrected chi connectivity index (χ4v) is 2.22. The molecule has 112 valence electrons. The Morgan fingerprint density at radius 3 is 1.16 bits per heavy atom. The van der Waals surface area contributed by atoms with Gasteiger partial charge in [-0.2, -0.15) is 0 Å². The second kappa shape index (κ2) is 11.5. The normalized spacial score (nSPS) is 18.7. The van der Waals surface area contributed by atoms with Crippen molar-refractivity contribution in [2.75, 3.05) is 52.6 Å². The van der Waals surface area contributed by atoms with Gasteiger partial charge in [0.15, 0.2) is 0 Å². The second-order valence-corrected chi connectivity index (χ2v) is 5.79. The Hall–Kier alpha value is 0.802. The van der Waals surface area contributed by atoms with Crippen molar-refractivity contribution < 1.29 is 29.9 Å². The summed E-state index contributed by atoms with van der Waals surface area (Å²) >= 11 is 19.2. The fraction of sp³-hybridized carbons (Fsp3) is 0.800. The Kier molecular flexibility index (Phi) is 11.9. The van der Waals surface area contributed by atoms with Crippen LogP contribution in [0.15, 0.2) is 0 Å². The Morgan fingerprint density at radius 2 is 1.00 bits per heavy atom. The molecule has 2 aliphatic heterocycles. The molecule has 9 heteroatoms. The van der Waals surface area contributed by atoms with Crippen LogP contribution < -0.4 is 0 Å². The van der Waals surface area contributed by atoms with Gasteiger partial charge >= 0.3 is 20.4 Å². The molecule has 0 unspecified atom stereocenters. The van der Waals surface area contributed by atoms with Crippen molar-refractivity contribution in [3.8, 4) is 0 Å². The number of morpholine rings is 2. The molecule has 0 bridgehead atoms. The van der Waals surface area contributed by atoms with Crippen LogP contribution in [0.2, 0.25) is 0 Å². The van der Waals surface area contributed by atoms with Gasteiger partial charge in [-0.15, -0.1) is 0 Å². The molecule has 0 aromatic heterocycles. The van der Waals surface area contributed by atoms with Crippen molar-refractivity contribution in [2.45, 2.75) is 0 Å². The third-order valence-electron chi connectivity index (χ3n) is 2.54. The molecule has 0 spiro atoms. The summed E-state index contributed by atoms with van der Waals surface area (Å²) in [5.41, 5.74) is 0. The van der Waals surface area contributed by atoms with Gasteiger partial charge in [-0.3, -0.25) is 0 Å². The molecule has 0 N–H and O–H groups in total. The van der Waals surface area contributed by atoms with Gasteiger partial charge in [0.25, 0.3) is 0 Å². The summed E-state index contributed by atoms with van der Waals surface area (Å²) in [5.74, 6) is 0. The van der Waals surface area contributed by atoms with Gasteiger partial charge in [0, 0.05) is 26.2 Å². The van der Waals surface area contributed by atoms with Crippen molar-refractivity contribution in [1.82, 2.24) is 9.80 Å². The van der Waals surface area contributed by atoms with Gasteiger partial charge in [0.2, 0.25) is 0 Å². The fourth-order valence-electron chi connectivity index (χ4n) is 1.49. The van der Waals surface area contributed by atoms with E-state index in [1.165, 1.54) is 0 Å². The summed E-state index contributed by atoms with van der Waals surface area (Å²) in [4.78, 5) is 3.96. The summed E-state index contributed by atoms with van der Waals surface area (Å²) < 4.78 is 11.3. The molecule has 0 aliphatic carbocycles. The minimum absolute atomic E-state index is 0. The SMILES string of the molecule is S=C([S-])N1CCOCC1.S=C([S-])N1CCOCC1.[Pd+2]. The van der Waals surface area contributed by atoms with Crippen LogP contribution in [0.3, 0.4) is 0 Å². The number of ether oxygens (including phenoxy) is 2. The van der Waals surface area contributed by atoms with Crippen LogP contribution in [0.5, 0.6) is 0 Å². The van der Waals surface area contributed by atoms with Gasteiger partial charge in [-0.05, 0) is 0 Å². The average molecular weight is 431 g/mol. The Labute approximate surface area is 150 Å². The molecule has 0 radical (unpaired) electrons. The smallest absolute Gasteiger partial charge is 0.411 e. The van der Waals surface area contributed by atoms with Gasteiger partial charge in [-0.25, -0.2) is 0 Å².